The number of halogens is 2. The van der Waals surface area contributed by atoms with E-state index in [9.17, 15) is 12.8 Å². The highest BCUT2D eigenvalue weighted by Crippen LogP contribution is 2.14. The Bertz CT molecular complexity index is 697. The maximum Gasteiger partial charge on any atom is 0.191 e. The molecule has 1 aromatic rings. The van der Waals surface area contributed by atoms with Crippen LogP contribution in [0, 0.1) is 5.82 Å². The summed E-state index contributed by atoms with van der Waals surface area (Å²) in [6.45, 7) is 3.36. The number of hydrogen-bond acceptors (Lipinski definition) is 3. The van der Waals surface area contributed by atoms with E-state index in [4.69, 9.17) is 0 Å². The molecule has 0 aromatic heterocycles. The van der Waals surface area contributed by atoms with Crippen LogP contribution in [0.15, 0.2) is 23.2 Å². The number of aliphatic imine (C=N–C) groups is 1. The Morgan fingerprint density at radius 1 is 1.04 bits per heavy atom. The van der Waals surface area contributed by atoms with Crippen LogP contribution < -0.4 is 10.6 Å². The molecule has 0 saturated carbocycles. The molecule has 2 N–H and O–H groups in total. The minimum Gasteiger partial charge on any atom is -0.356 e. The predicted octanol–water partition coefficient (Wildman–Crippen LogP) is 4.40. The van der Waals surface area contributed by atoms with Gasteiger partial charge in [-0.15, -0.1) is 24.0 Å². The molecule has 0 radical (unpaired) electrons. The van der Waals surface area contributed by atoms with Crippen LogP contribution in [0.3, 0.4) is 0 Å². The third kappa shape index (κ3) is 12.5. The zero-order valence-electron chi connectivity index (χ0n) is 17.3. The average Bonchev–Trinajstić information content (AvgIpc) is 2.60. The zero-order chi connectivity index (χ0) is 20.1. The third-order valence-corrected chi connectivity index (χ3v) is 5.16. The van der Waals surface area contributed by atoms with Crippen molar-refractivity contribution in [2.24, 2.45) is 4.99 Å². The molecule has 0 aliphatic rings. The first-order chi connectivity index (χ1) is 12.9. The smallest absolute Gasteiger partial charge is 0.191 e. The van der Waals surface area contributed by atoms with Crippen LogP contribution in [0.2, 0.25) is 0 Å². The number of benzene rings is 1. The lowest BCUT2D eigenvalue weighted by Crippen LogP contribution is -2.37. The Kier molecular flexibility index (Phi) is 14.5. The van der Waals surface area contributed by atoms with Gasteiger partial charge in [0, 0.05) is 26.4 Å². The highest BCUT2D eigenvalue weighted by Gasteiger charge is 2.11. The van der Waals surface area contributed by atoms with Gasteiger partial charge in [-0.3, -0.25) is 4.99 Å². The van der Waals surface area contributed by atoms with Crippen molar-refractivity contribution in [3.8, 4) is 0 Å². The molecule has 0 saturated heterocycles. The fourth-order valence-corrected chi connectivity index (χ4v) is 3.72. The maximum absolute atomic E-state index is 13.6. The first kappa shape index (κ1) is 27.1. The van der Waals surface area contributed by atoms with Gasteiger partial charge in [-0.2, -0.15) is 0 Å². The van der Waals surface area contributed by atoms with E-state index in [-0.39, 0.29) is 35.5 Å². The summed E-state index contributed by atoms with van der Waals surface area (Å²) in [7, 11) is -1.50. The largest absolute Gasteiger partial charge is 0.356 e. The molecule has 0 amide bonds. The summed E-state index contributed by atoms with van der Waals surface area (Å²) in [5.74, 6) is 0.152. The van der Waals surface area contributed by atoms with Gasteiger partial charge in [0.2, 0.25) is 0 Å². The second-order valence-corrected chi connectivity index (χ2v) is 9.10. The topological polar surface area (TPSA) is 70.6 Å². The van der Waals surface area contributed by atoms with Crippen LogP contribution in [0.1, 0.15) is 63.0 Å². The summed E-state index contributed by atoms with van der Waals surface area (Å²) in [4.78, 5) is 4.17. The van der Waals surface area contributed by atoms with Crippen LogP contribution in [-0.4, -0.2) is 34.2 Å². The number of hydrogen-bond donors (Lipinski definition) is 2. The summed E-state index contributed by atoms with van der Waals surface area (Å²) < 4.78 is 36.7. The molecule has 0 atom stereocenters. The molecule has 162 valence electrons. The Labute approximate surface area is 186 Å². The average molecular weight is 527 g/mol. The van der Waals surface area contributed by atoms with Gasteiger partial charge in [-0.1, -0.05) is 51.5 Å². The van der Waals surface area contributed by atoms with Crippen molar-refractivity contribution in [3.05, 3.63) is 35.1 Å². The van der Waals surface area contributed by atoms with Gasteiger partial charge >= 0.3 is 0 Å². The van der Waals surface area contributed by atoms with E-state index < -0.39 is 9.84 Å². The quantitative estimate of drug-likeness (QED) is 0.183. The van der Waals surface area contributed by atoms with Crippen molar-refractivity contribution < 1.29 is 12.8 Å². The van der Waals surface area contributed by atoms with Gasteiger partial charge in [0.25, 0.3) is 0 Å². The molecule has 0 spiro atoms. The van der Waals surface area contributed by atoms with E-state index >= 15 is 0 Å². The van der Waals surface area contributed by atoms with E-state index in [2.05, 4.69) is 22.5 Å². The second kappa shape index (κ2) is 15.0. The van der Waals surface area contributed by atoms with Gasteiger partial charge in [0.15, 0.2) is 15.8 Å². The van der Waals surface area contributed by atoms with E-state index in [0.717, 1.165) is 13.0 Å². The monoisotopic (exact) mass is 527 g/mol. The van der Waals surface area contributed by atoms with Gasteiger partial charge in [0.05, 0.1) is 5.75 Å². The van der Waals surface area contributed by atoms with Crippen LogP contribution in [0.5, 0.6) is 0 Å². The molecule has 0 aliphatic carbocycles. The summed E-state index contributed by atoms with van der Waals surface area (Å²) >= 11 is 0. The first-order valence-corrected chi connectivity index (χ1v) is 11.8. The second-order valence-electron chi connectivity index (χ2n) is 6.96. The third-order valence-electron chi connectivity index (χ3n) is 4.33. The molecule has 0 aliphatic heterocycles. The Hall–Kier alpha value is -0.900. The summed E-state index contributed by atoms with van der Waals surface area (Å²) in [6, 6.07) is 4.19. The lowest BCUT2D eigenvalue weighted by Gasteiger charge is -2.14. The van der Waals surface area contributed by atoms with Crippen LogP contribution in [0.4, 0.5) is 4.39 Å². The van der Waals surface area contributed by atoms with Gasteiger partial charge < -0.3 is 10.6 Å². The molecule has 28 heavy (non-hydrogen) atoms. The van der Waals surface area contributed by atoms with Crippen molar-refractivity contribution in [2.75, 3.05) is 19.8 Å². The highest BCUT2D eigenvalue weighted by atomic mass is 127. The molecule has 8 heteroatoms. The summed E-state index contributed by atoms with van der Waals surface area (Å²) in [5.41, 5.74) is 1.23. The van der Waals surface area contributed by atoms with Crippen LogP contribution in [0.25, 0.3) is 0 Å². The summed E-state index contributed by atoms with van der Waals surface area (Å²) in [5, 5.41) is 6.39. The Morgan fingerprint density at radius 3 is 2.29 bits per heavy atom. The van der Waals surface area contributed by atoms with Gasteiger partial charge in [-0.05, 0) is 29.7 Å². The van der Waals surface area contributed by atoms with Gasteiger partial charge in [0.1, 0.15) is 5.82 Å². The minimum absolute atomic E-state index is 0. The lowest BCUT2D eigenvalue weighted by molar-refractivity contribution is 0.583. The zero-order valence-corrected chi connectivity index (χ0v) is 20.4. The lowest BCUT2D eigenvalue weighted by atomic mass is 10.1. The van der Waals surface area contributed by atoms with Crippen LogP contribution >= 0.6 is 24.0 Å². The highest BCUT2D eigenvalue weighted by molar-refractivity contribution is 14.0. The molecule has 1 aromatic carbocycles. The predicted molar refractivity (Wildman–Crippen MR) is 127 cm³/mol. The maximum atomic E-state index is 13.6. The number of rotatable bonds is 12. The molecule has 0 heterocycles. The number of sulfone groups is 1. The number of nitrogens with zero attached hydrogens (tertiary/aromatic N) is 1. The van der Waals surface area contributed by atoms with E-state index in [1.165, 1.54) is 63.0 Å². The molecular weight excluding hydrogens is 492 g/mol. The van der Waals surface area contributed by atoms with E-state index in [1.807, 2.05) is 0 Å². The minimum atomic E-state index is -3.18. The molecule has 1 rings (SSSR count). The van der Waals surface area contributed by atoms with Crippen LogP contribution in [-0.2, 0) is 22.1 Å². The molecular formula is C20H35FIN3O2S. The van der Waals surface area contributed by atoms with E-state index in [0.29, 0.717) is 23.6 Å². The van der Waals surface area contributed by atoms with Crippen molar-refractivity contribution in [1.29, 1.82) is 0 Å². The fourth-order valence-electron chi connectivity index (χ4n) is 2.87. The molecule has 5 nitrogen and oxygen atoms in total. The Morgan fingerprint density at radius 2 is 1.68 bits per heavy atom. The molecule has 0 fully saturated rings. The van der Waals surface area contributed by atoms with E-state index in [1.54, 1.807) is 7.05 Å². The SMILES string of the molecule is CCCCCCCCCNC(=NC)NCc1cc(F)ccc1CS(C)(=O)=O.I. The fraction of sp³-hybridized carbons (Fsp3) is 0.650. The normalized spacial score (nSPS) is 11.8. The van der Waals surface area contributed by atoms with Gasteiger partial charge in [-0.25, -0.2) is 12.8 Å². The first-order valence-electron chi connectivity index (χ1n) is 9.75. The number of unbranched alkanes of at least 4 members (excludes halogenated alkanes) is 6. The number of guanidine groups is 1. The molecule has 0 bridgehead atoms. The van der Waals surface area contributed by atoms with Crippen molar-refractivity contribution in [1.82, 2.24) is 10.6 Å². The van der Waals surface area contributed by atoms with Crippen molar-refractivity contribution in [2.45, 2.75) is 64.2 Å². The summed E-state index contributed by atoms with van der Waals surface area (Å²) in [6.07, 6.45) is 9.89. The Balaban J connectivity index is 0.00000729. The van der Waals surface area contributed by atoms with Crippen molar-refractivity contribution >= 4 is 39.8 Å². The molecule has 0 unspecified atom stereocenters. The number of nitrogens with one attached hydrogen (secondary N) is 2. The standard InChI is InChI=1S/C20H34FN3O2S.HI/c1-4-5-6-7-8-9-10-13-23-20(22-2)24-15-18-14-19(21)12-11-17(18)16-27(3,25)26;/h11-12,14H,4-10,13,15-16H2,1-3H3,(H2,22,23,24);1H. The van der Waals surface area contributed by atoms with Crippen molar-refractivity contribution in [3.63, 3.8) is 0 Å².